The lowest BCUT2D eigenvalue weighted by Gasteiger charge is -2.46. The van der Waals surface area contributed by atoms with Gasteiger partial charge in [0.25, 0.3) is 0 Å². The normalized spacial score (nSPS) is 20.0. The molecule has 11 heteroatoms. The van der Waals surface area contributed by atoms with Crippen molar-refractivity contribution in [2.75, 3.05) is 70.1 Å². The number of ether oxygens (including phenoxy) is 1. The molecule has 3 aliphatic heterocycles. The van der Waals surface area contributed by atoms with Crippen LogP contribution in [0.5, 0.6) is 5.75 Å². The Morgan fingerprint density at radius 3 is 2.02 bits per heavy atom. The van der Waals surface area contributed by atoms with Gasteiger partial charge in [-0.05, 0) is 114 Å². The number of piperazine rings is 1. The van der Waals surface area contributed by atoms with Crippen LogP contribution in [-0.2, 0) is 9.84 Å². The smallest absolute Gasteiger partial charge is 0.210 e. The first-order chi connectivity index (χ1) is 24.2. The van der Waals surface area contributed by atoms with E-state index in [1.807, 2.05) is 38.3 Å². The van der Waals surface area contributed by atoms with Crippen LogP contribution < -0.4 is 9.64 Å². The van der Waals surface area contributed by atoms with Crippen molar-refractivity contribution < 1.29 is 17.5 Å². The maximum absolute atomic E-state index is 15.6. The van der Waals surface area contributed by atoms with Gasteiger partial charge in [-0.2, -0.15) is 0 Å². The third kappa shape index (κ3) is 8.86. The van der Waals surface area contributed by atoms with Crippen molar-refractivity contribution in [3.05, 3.63) is 48.4 Å². The molecule has 0 radical (unpaired) electrons. The molecule has 3 aliphatic rings. The fourth-order valence-corrected chi connectivity index (χ4v) is 10.7. The molecule has 8 nitrogen and oxygen atoms in total. The van der Waals surface area contributed by atoms with Crippen LogP contribution in [0, 0.1) is 11.2 Å². The van der Waals surface area contributed by atoms with Crippen LogP contribution in [0.15, 0.2) is 57.3 Å². The van der Waals surface area contributed by atoms with Crippen LogP contribution in [-0.4, -0.2) is 111 Å². The maximum atomic E-state index is 15.6. The van der Waals surface area contributed by atoms with Crippen LogP contribution in [0.4, 0.5) is 10.1 Å². The first-order valence-corrected chi connectivity index (χ1v) is 21.5. The van der Waals surface area contributed by atoms with E-state index in [1.54, 1.807) is 11.8 Å². The summed E-state index contributed by atoms with van der Waals surface area (Å²) in [7, 11) is -4.12. The largest absolute Gasteiger partial charge is 0.485 e. The summed E-state index contributed by atoms with van der Waals surface area (Å²) in [5.74, 6) is -0.639. The molecule has 1 aromatic heterocycles. The van der Waals surface area contributed by atoms with Crippen LogP contribution in [0.3, 0.4) is 0 Å². The molecule has 3 aromatic rings. The Morgan fingerprint density at radius 1 is 0.863 bits per heavy atom. The fraction of sp³-hybridized carbons (Fsp3) is 0.625. The topological polar surface area (TPSA) is 69.2 Å². The summed E-state index contributed by atoms with van der Waals surface area (Å²) in [5.41, 5.74) is 0.773. The molecule has 3 saturated heterocycles. The van der Waals surface area contributed by atoms with Crippen LogP contribution in [0.25, 0.3) is 10.9 Å². The molecular formula is C40H58FN5O3S2. The van der Waals surface area contributed by atoms with E-state index in [2.05, 4.69) is 52.3 Å². The molecule has 0 N–H and O–H groups in total. The summed E-state index contributed by atoms with van der Waals surface area (Å²) < 4.78 is 50.6. The van der Waals surface area contributed by atoms with E-state index in [0.29, 0.717) is 24.2 Å². The van der Waals surface area contributed by atoms with E-state index < -0.39 is 21.3 Å². The van der Waals surface area contributed by atoms with Gasteiger partial charge in [-0.25, -0.2) is 12.8 Å². The van der Waals surface area contributed by atoms with Crippen LogP contribution in [0.1, 0.15) is 73.6 Å². The SMILES string of the molecule is CCN1CCC(N2CCN(C3CCN(c4c(S(=O)(=O)c5ccc(OC(C)(C)CC(C)(C)C)c(F)c5)cnc5ccc(SC)cc45)CC3)CC2)CC1. The third-order valence-electron chi connectivity index (χ3n) is 11.0. The molecular weight excluding hydrogens is 682 g/mol. The maximum Gasteiger partial charge on any atom is 0.210 e. The lowest BCUT2D eigenvalue weighted by atomic mass is 9.83. The molecule has 0 aliphatic carbocycles. The van der Waals surface area contributed by atoms with Crippen molar-refractivity contribution >= 4 is 38.2 Å². The molecule has 51 heavy (non-hydrogen) atoms. The molecule has 4 heterocycles. The van der Waals surface area contributed by atoms with E-state index in [9.17, 15) is 8.42 Å². The minimum atomic E-state index is -4.12. The fourth-order valence-electron chi connectivity index (χ4n) is 8.78. The highest BCUT2D eigenvalue weighted by molar-refractivity contribution is 7.98. The predicted octanol–water partition coefficient (Wildman–Crippen LogP) is 7.59. The average molecular weight is 740 g/mol. The summed E-state index contributed by atoms with van der Waals surface area (Å²) in [6.07, 6.45) is 8.66. The van der Waals surface area contributed by atoms with E-state index in [-0.39, 0.29) is 21.0 Å². The number of anilines is 1. The summed E-state index contributed by atoms with van der Waals surface area (Å²) in [5, 5.41) is 0.813. The van der Waals surface area contributed by atoms with Gasteiger partial charge in [0.15, 0.2) is 11.6 Å². The van der Waals surface area contributed by atoms with Gasteiger partial charge in [0.05, 0.1) is 16.1 Å². The molecule has 0 saturated carbocycles. The van der Waals surface area contributed by atoms with Gasteiger partial charge in [0.2, 0.25) is 9.84 Å². The number of benzene rings is 2. The van der Waals surface area contributed by atoms with Crippen LogP contribution >= 0.6 is 11.8 Å². The zero-order valence-electron chi connectivity index (χ0n) is 31.8. The second kappa shape index (κ2) is 15.5. The van der Waals surface area contributed by atoms with E-state index in [4.69, 9.17) is 4.74 Å². The van der Waals surface area contributed by atoms with Crippen molar-refractivity contribution in [2.45, 2.75) is 106 Å². The minimum Gasteiger partial charge on any atom is -0.485 e. The van der Waals surface area contributed by atoms with Crippen molar-refractivity contribution in [1.29, 1.82) is 0 Å². The highest BCUT2D eigenvalue weighted by Crippen LogP contribution is 2.40. The molecule has 0 amide bonds. The number of hydrogen-bond donors (Lipinski definition) is 0. The summed E-state index contributed by atoms with van der Waals surface area (Å²) >= 11 is 1.62. The van der Waals surface area contributed by atoms with E-state index in [0.717, 1.165) is 80.5 Å². The Labute approximate surface area is 310 Å². The number of aromatic nitrogens is 1. The standard InChI is InChI=1S/C40H58FN5O3S2/c1-8-43-17-13-29(14-18-43)44-21-23-45(24-22-44)30-15-19-46(20-16-30)38-33-25-31(50-7)9-11-35(33)42-27-37(38)51(47,48)32-10-12-36(34(41)26-32)49-40(5,6)28-39(2,3)4/h9-12,25-27,29-30H,8,13-24,28H2,1-7H3. The predicted molar refractivity (Wildman–Crippen MR) is 208 cm³/mol. The Bertz CT molecular complexity index is 1770. The van der Waals surface area contributed by atoms with Gasteiger partial charge in [-0.3, -0.25) is 14.8 Å². The number of fused-ring (bicyclic) bond motifs is 1. The summed E-state index contributed by atoms with van der Waals surface area (Å²) in [4.78, 5) is 15.9. The lowest BCUT2D eigenvalue weighted by Crippen LogP contribution is -2.56. The number of pyridine rings is 1. The number of hydrogen-bond acceptors (Lipinski definition) is 9. The number of halogens is 1. The molecule has 2 aromatic carbocycles. The average Bonchev–Trinajstić information content (AvgIpc) is 3.10. The van der Waals surface area contributed by atoms with Crippen LogP contribution in [0.2, 0.25) is 0 Å². The minimum absolute atomic E-state index is 0.0196. The third-order valence-corrected chi connectivity index (χ3v) is 13.5. The first kappa shape index (κ1) is 38.3. The zero-order valence-corrected chi connectivity index (χ0v) is 33.4. The first-order valence-electron chi connectivity index (χ1n) is 18.8. The molecule has 6 rings (SSSR count). The number of likely N-dealkylation sites (tertiary alicyclic amines) is 1. The quantitative estimate of drug-likeness (QED) is 0.196. The van der Waals surface area contributed by atoms with Gasteiger partial charge >= 0.3 is 0 Å². The van der Waals surface area contributed by atoms with Crippen molar-refractivity contribution in [3.8, 4) is 5.75 Å². The highest BCUT2D eigenvalue weighted by Gasteiger charge is 2.34. The number of piperidine rings is 2. The number of nitrogens with zero attached hydrogens (tertiary/aromatic N) is 5. The Morgan fingerprint density at radius 2 is 1.47 bits per heavy atom. The highest BCUT2D eigenvalue weighted by atomic mass is 32.2. The number of rotatable bonds is 10. The lowest BCUT2D eigenvalue weighted by molar-refractivity contribution is 0.0384. The van der Waals surface area contributed by atoms with Gasteiger partial charge in [-0.15, -0.1) is 11.8 Å². The van der Waals surface area contributed by atoms with Crippen molar-refractivity contribution in [3.63, 3.8) is 0 Å². The molecule has 0 unspecified atom stereocenters. The van der Waals surface area contributed by atoms with E-state index in [1.165, 1.54) is 44.3 Å². The van der Waals surface area contributed by atoms with Crippen molar-refractivity contribution in [2.24, 2.45) is 5.41 Å². The molecule has 280 valence electrons. The Hall–Kier alpha value is -2.44. The molecule has 3 fully saturated rings. The monoisotopic (exact) mass is 739 g/mol. The molecule has 0 atom stereocenters. The number of sulfone groups is 1. The summed E-state index contributed by atoms with van der Waals surface area (Å²) in [6, 6.07) is 11.2. The van der Waals surface area contributed by atoms with Gasteiger partial charge in [0.1, 0.15) is 10.5 Å². The number of thioether (sulfide) groups is 1. The molecule has 0 spiro atoms. The van der Waals surface area contributed by atoms with Gasteiger partial charge < -0.3 is 14.5 Å². The Kier molecular flexibility index (Phi) is 11.6. The zero-order chi connectivity index (χ0) is 36.6. The van der Waals surface area contributed by atoms with Gasteiger partial charge in [0, 0.05) is 67.8 Å². The molecule has 0 bridgehead atoms. The van der Waals surface area contributed by atoms with Gasteiger partial charge in [-0.1, -0.05) is 27.7 Å². The Balaban J connectivity index is 1.21. The van der Waals surface area contributed by atoms with E-state index >= 15 is 4.39 Å². The summed E-state index contributed by atoms with van der Waals surface area (Å²) in [6.45, 7) is 22.0. The second-order valence-corrected chi connectivity index (χ2v) is 19.3. The second-order valence-electron chi connectivity index (χ2n) is 16.5. The van der Waals surface area contributed by atoms with Crippen molar-refractivity contribution in [1.82, 2.24) is 19.7 Å².